The van der Waals surface area contributed by atoms with Crippen molar-refractivity contribution in [3.63, 3.8) is 0 Å². The highest BCUT2D eigenvalue weighted by Crippen LogP contribution is 2.13. The number of nitrogens with zero attached hydrogens (tertiary/aromatic N) is 3. The molecule has 0 spiro atoms. The van der Waals surface area contributed by atoms with E-state index in [1.54, 1.807) is 0 Å². The van der Waals surface area contributed by atoms with Gasteiger partial charge in [-0.05, 0) is 18.9 Å². The molecule has 1 unspecified atom stereocenters. The van der Waals surface area contributed by atoms with Gasteiger partial charge in [-0.15, -0.1) is 0 Å². The quantitative estimate of drug-likeness (QED) is 0.746. The highest BCUT2D eigenvalue weighted by atomic mass is 15.3. The molecular weight excluding hydrogens is 236 g/mol. The molecule has 1 aromatic rings. The van der Waals surface area contributed by atoms with E-state index in [0.717, 1.165) is 25.0 Å². The number of aromatic nitrogens is 2. The van der Waals surface area contributed by atoms with Crippen molar-refractivity contribution >= 4 is 5.95 Å². The Morgan fingerprint density at radius 2 is 2.11 bits per heavy atom. The summed E-state index contributed by atoms with van der Waals surface area (Å²) in [5.74, 6) is 1.82. The van der Waals surface area contributed by atoms with Crippen LogP contribution in [-0.2, 0) is 13.6 Å². The predicted molar refractivity (Wildman–Crippen MR) is 82.5 cm³/mol. The van der Waals surface area contributed by atoms with Gasteiger partial charge >= 0.3 is 0 Å². The van der Waals surface area contributed by atoms with Gasteiger partial charge < -0.3 is 14.8 Å². The Morgan fingerprint density at radius 3 is 2.63 bits per heavy atom. The van der Waals surface area contributed by atoms with Crippen molar-refractivity contribution in [1.82, 2.24) is 14.9 Å². The van der Waals surface area contributed by atoms with Gasteiger partial charge in [-0.2, -0.15) is 0 Å². The van der Waals surface area contributed by atoms with Crippen molar-refractivity contribution in [2.24, 2.45) is 13.0 Å². The lowest BCUT2D eigenvalue weighted by Crippen LogP contribution is -2.23. The number of rotatable bonds is 9. The molecule has 1 rings (SSSR count). The number of hydrogen-bond donors (Lipinski definition) is 1. The van der Waals surface area contributed by atoms with Crippen LogP contribution in [0, 0.1) is 5.92 Å². The molecule has 4 nitrogen and oxygen atoms in total. The second kappa shape index (κ2) is 8.20. The monoisotopic (exact) mass is 266 g/mol. The van der Waals surface area contributed by atoms with Gasteiger partial charge in [0.2, 0.25) is 5.95 Å². The molecule has 19 heavy (non-hydrogen) atoms. The van der Waals surface area contributed by atoms with E-state index in [1.807, 2.05) is 25.2 Å². The van der Waals surface area contributed by atoms with Crippen molar-refractivity contribution in [3.05, 3.63) is 11.9 Å². The summed E-state index contributed by atoms with van der Waals surface area (Å²) < 4.78 is 2.15. The van der Waals surface area contributed by atoms with Crippen molar-refractivity contribution in [2.45, 2.75) is 46.1 Å². The third-order valence-electron chi connectivity index (χ3n) is 3.74. The van der Waals surface area contributed by atoms with Crippen LogP contribution < -0.4 is 10.2 Å². The summed E-state index contributed by atoms with van der Waals surface area (Å²) in [4.78, 5) is 6.47. The van der Waals surface area contributed by atoms with E-state index in [9.17, 15) is 0 Å². The topological polar surface area (TPSA) is 33.1 Å². The van der Waals surface area contributed by atoms with E-state index < -0.39 is 0 Å². The number of imidazole rings is 1. The first-order valence-corrected chi connectivity index (χ1v) is 7.48. The third-order valence-corrected chi connectivity index (χ3v) is 3.74. The van der Waals surface area contributed by atoms with Crippen LogP contribution in [0.25, 0.3) is 0 Å². The average molecular weight is 266 g/mol. The Kier molecular flexibility index (Phi) is 6.92. The average Bonchev–Trinajstić information content (AvgIpc) is 2.75. The Hall–Kier alpha value is -1.03. The van der Waals surface area contributed by atoms with Gasteiger partial charge in [0.25, 0.3) is 0 Å². The largest absolute Gasteiger partial charge is 0.348 e. The molecule has 0 fully saturated rings. The highest BCUT2D eigenvalue weighted by molar-refractivity contribution is 5.30. The summed E-state index contributed by atoms with van der Waals surface area (Å²) in [6.07, 6.45) is 7.21. The minimum absolute atomic E-state index is 0.807. The molecule has 110 valence electrons. The van der Waals surface area contributed by atoms with Gasteiger partial charge in [-0.3, -0.25) is 0 Å². The van der Waals surface area contributed by atoms with Crippen LogP contribution in [0.15, 0.2) is 6.20 Å². The number of nitrogens with one attached hydrogen (secondary N) is 1. The van der Waals surface area contributed by atoms with Crippen LogP contribution >= 0.6 is 0 Å². The zero-order valence-electron chi connectivity index (χ0n) is 13.2. The molecular formula is C15H30N4. The molecule has 0 saturated carbocycles. The van der Waals surface area contributed by atoms with Crippen LogP contribution in [0.5, 0.6) is 0 Å². The number of unbranched alkanes of at least 4 members (excludes halogenated alkanes) is 1. The van der Waals surface area contributed by atoms with Gasteiger partial charge in [0.15, 0.2) is 0 Å². The van der Waals surface area contributed by atoms with Gasteiger partial charge in [-0.25, -0.2) is 4.98 Å². The van der Waals surface area contributed by atoms with Gasteiger partial charge in [-0.1, -0.05) is 33.1 Å². The molecule has 0 radical (unpaired) electrons. The van der Waals surface area contributed by atoms with Gasteiger partial charge in [0.05, 0.1) is 11.9 Å². The summed E-state index contributed by atoms with van der Waals surface area (Å²) in [5.41, 5.74) is 1.24. The van der Waals surface area contributed by atoms with Crippen LogP contribution in [0.4, 0.5) is 5.95 Å². The summed E-state index contributed by atoms with van der Waals surface area (Å²) in [7, 11) is 6.13. The lowest BCUT2D eigenvalue weighted by Gasteiger charge is -2.16. The molecule has 1 N–H and O–H groups in total. The molecule has 0 aliphatic rings. The summed E-state index contributed by atoms with van der Waals surface area (Å²) in [6, 6.07) is 0. The molecule has 0 aromatic carbocycles. The molecule has 1 atom stereocenters. The molecule has 0 saturated heterocycles. The zero-order valence-corrected chi connectivity index (χ0v) is 13.2. The lowest BCUT2D eigenvalue weighted by atomic mass is 9.99. The van der Waals surface area contributed by atoms with E-state index in [2.05, 4.69) is 35.8 Å². The second-order valence-corrected chi connectivity index (χ2v) is 5.55. The van der Waals surface area contributed by atoms with Gasteiger partial charge in [0.1, 0.15) is 0 Å². The maximum Gasteiger partial charge on any atom is 0.204 e. The number of hydrogen-bond acceptors (Lipinski definition) is 3. The molecule has 0 amide bonds. The SMILES string of the molecule is CCCCC(CC)CNCc1cnc(N(C)C)n1C. The first kappa shape index (κ1) is 16.0. The standard InChI is InChI=1S/C15H30N4/c1-6-8-9-13(7-2)10-16-11-14-12-17-15(18(3)4)19(14)5/h12-13,16H,6-11H2,1-5H3. The van der Waals surface area contributed by atoms with E-state index in [-0.39, 0.29) is 0 Å². The Bertz CT molecular complexity index is 357. The second-order valence-electron chi connectivity index (χ2n) is 5.55. The Labute approximate surface area is 118 Å². The van der Waals surface area contributed by atoms with Crippen molar-refractivity contribution < 1.29 is 0 Å². The summed E-state index contributed by atoms with van der Waals surface area (Å²) in [6.45, 7) is 6.56. The maximum absolute atomic E-state index is 4.43. The zero-order chi connectivity index (χ0) is 14.3. The first-order chi connectivity index (χ1) is 9.10. The van der Waals surface area contributed by atoms with Crippen molar-refractivity contribution in [1.29, 1.82) is 0 Å². The van der Waals surface area contributed by atoms with Crippen molar-refractivity contribution in [3.8, 4) is 0 Å². The Balaban J connectivity index is 2.40. The first-order valence-electron chi connectivity index (χ1n) is 7.48. The van der Waals surface area contributed by atoms with Gasteiger partial charge in [0, 0.05) is 27.7 Å². The Morgan fingerprint density at radius 1 is 1.37 bits per heavy atom. The van der Waals surface area contributed by atoms with E-state index in [4.69, 9.17) is 0 Å². The highest BCUT2D eigenvalue weighted by Gasteiger charge is 2.09. The van der Waals surface area contributed by atoms with E-state index in [0.29, 0.717) is 0 Å². The minimum atomic E-state index is 0.807. The summed E-state index contributed by atoms with van der Waals surface area (Å²) >= 11 is 0. The van der Waals surface area contributed by atoms with Crippen LogP contribution in [-0.4, -0.2) is 30.2 Å². The smallest absolute Gasteiger partial charge is 0.204 e. The molecule has 0 aliphatic carbocycles. The molecule has 0 bridgehead atoms. The van der Waals surface area contributed by atoms with E-state index >= 15 is 0 Å². The van der Waals surface area contributed by atoms with Crippen LogP contribution in [0.3, 0.4) is 0 Å². The fraction of sp³-hybridized carbons (Fsp3) is 0.800. The van der Waals surface area contributed by atoms with Crippen LogP contribution in [0.1, 0.15) is 45.2 Å². The fourth-order valence-electron chi connectivity index (χ4n) is 2.36. The molecule has 4 heteroatoms. The third kappa shape index (κ3) is 4.86. The molecule has 1 heterocycles. The van der Waals surface area contributed by atoms with Crippen molar-refractivity contribution in [2.75, 3.05) is 25.5 Å². The lowest BCUT2D eigenvalue weighted by molar-refractivity contribution is 0.417. The molecule has 0 aliphatic heterocycles. The van der Waals surface area contributed by atoms with Crippen LogP contribution in [0.2, 0.25) is 0 Å². The fourth-order valence-corrected chi connectivity index (χ4v) is 2.36. The predicted octanol–water partition coefficient (Wildman–Crippen LogP) is 2.79. The molecule has 1 aromatic heterocycles. The summed E-state index contributed by atoms with van der Waals surface area (Å²) in [5, 5.41) is 3.58. The normalized spacial score (nSPS) is 12.7. The number of anilines is 1. The van der Waals surface area contributed by atoms with E-state index in [1.165, 1.54) is 31.4 Å². The maximum atomic E-state index is 4.43. The minimum Gasteiger partial charge on any atom is -0.348 e.